The third-order valence-corrected chi connectivity index (χ3v) is 3.33. The highest BCUT2D eigenvalue weighted by atomic mass is 32.1. The van der Waals surface area contributed by atoms with Crippen molar-refractivity contribution >= 4 is 17.3 Å². The summed E-state index contributed by atoms with van der Waals surface area (Å²) < 4.78 is 0. The normalized spacial score (nSPS) is 27.4. The molecular weight excluding hydrogens is 198 g/mol. The van der Waals surface area contributed by atoms with Crippen LogP contribution >= 0.6 is 11.3 Å². The van der Waals surface area contributed by atoms with Gasteiger partial charge in [0.25, 0.3) is 0 Å². The summed E-state index contributed by atoms with van der Waals surface area (Å²) in [5, 5.41) is 16.2. The van der Waals surface area contributed by atoms with Crippen molar-refractivity contribution in [2.75, 3.05) is 0 Å². The Morgan fingerprint density at radius 3 is 3.07 bits per heavy atom. The van der Waals surface area contributed by atoms with Crippen LogP contribution in [0.15, 0.2) is 16.8 Å². The average molecular weight is 211 g/mol. The Labute approximate surface area is 86.8 Å². The fourth-order valence-corrected chi connectivity index (χ4v) is 2.58. The van der Waals surface area contributed by atoms with Crippen LogP contribution in [0.2, 0.25) is 0 Å². The Kier molecular flexibility index (Phi) is 2.84. The second-order valence-corrected chi connectivity index (χ2v) is 4.38. The van der Waals surface area contributed by atoms with Gasteiger partial charge < -0.3 is 5.11 Å². The van der Waals surface area contributed by atoms with Crippen molar-refractivity contribution in [2.45, 2.75) is 31.3 Å². The van der Waals surface area contributed by atoms with E-state index >= 15 is 0 Å². The van der Waals surface area contributed by atoms with E-state index in [0.717, 1.165) is 19.3 Å². The maximum Gasteiger partial charge on any atom is 0.320 e. The summed E-state index contributed by atoms with van der Waals surface area (Å²) in [6, 6.07) is 1.93. The summed E-state index contributed by atoms with van der Waals surface area (Å²) in [5.74, 6) is -0.732. The molecule has 0 aliphatic carbocycles. The Bertz CT molecular complexity index is 310. The zero-order valence-electron chi connectivity index (χ0n) is 7.77. The van der Waals surface area contributed by atoms with Gasteiger partial charge in [-0.15, -0.1) is 0 Å². The first kappa shape index (κ1) is 9.68. The van der Waals surface area contributed by atoms with E-state index in [2.05, 4.69) is 16.8 Å². The molecule has 3 nitrogen and oxygen atoms in total. The maximum atomic E-state index is 10.8. The fourth-order valence-electron chi connectivity index (χ4n) is 1.87. The van der Waals surface area contributed by atoms with Crippen LogP contribution in [0.25, 0.3) is 0 Å². The molecule has 1 fully saturated rings. The van der Waals surface area contributed by atoms with E-state index in [1.807, 2.05) is 5.38 Å². The molecular formula is C10H13NO2S. The van der Waals surface area contributed by atoms with Gasteiger partial charge in [-0.1, -0.05) is 0 Å². The SMILES string of the molecule is O=C(O)C1CCCC(c2ccsc2)N1. The molecule has 0 radical (unpaired) electrons. The maximum absolute atomic E-state index is 10.8. The van der Waals surface area contributed by atoms with Gasteiger partial charge in [-0.3, -0.25) is 10.1 Å². The molecule has 1 aromatic rings. The van der Waals surface area contributed by atoms with Gasteiger partial charge >= 0.3 is 5.97 Å². The molecule has 0 amide bonds. The first-order valence-corrected chi connectivity index (χ1v) is 5.72. The lowest BCUT2D eigenvalue weighted by molar-refractivity contribution is -0.140. The molecule has 2 heterocycles. The van der Waals surface area contributed by atoms with Crippen molar-refractivity contribution < 1.29 is 9.90 Å². The van der Waals surface area contributed by atoms with Gasteiger partial charge in [-0.05, 0) is 41.7 Å². The Morgan fingerprint density at radius 2 is 2.43 bits per heavy atom. The monoisotopic (exact) mass is 211 g/mol. The van der Waals surface area contributed by atoms with Crippen molar-refractivity contribution in [1.29, 1.82) is 0 Å². The number of aliphatic carboxylic acids is 1. The van der Waals surface area contributed by atoms with Crippen molar-refractivity contribution in [1.82, 2.24) is 5.32 Å². The highest BCUT2D eigenvalue weighted by Gasteiger charge is 2.26. The topological polar surface area (TPSA) is 49.3 Å². The Hall–Kier alpha value is -0.870. The standard InChI is InChI=1S/C10H13NO2S/c12-10(13)9-3-1-2-8(11-9)7-4-5-14-6-7/h4-6,8-9,11H,1-3H2,(H,12,13). The highest BCUT2D eigenvalue weighted by molar-refractivity contribution is 7.07. The van der Waals surface area contributed by atoms with E-state index in [9.17, 15) is 4.79 Å². The van der Waals surface area contributed by atoms with Gasteiger partial charge in [0.15, 0.2) is 0 Å². The second-order valence-electron chi connectivity index (χ2n) is 3.60. The number of piperidine rings is 1. The smallest absolute Gasteiger partial charge is 0.320 e. The molecule has 2 unspecified atom stereocenters. The zero-order chi connectivity index (χ0) is 9.97. The van der Waals surface area contributed by atoms with E-state index in [1.54, 1.807) is 11.3 Å². The predicted octanol–water partition coefficient (Wildman–Crippen LogP) is 2.02. The van der Waals surface area contributed by atoms with Gasteiger partial charge in [0.05, 0.1) is 0 Å². The van der Waals surface area contributed by atoms with Crippen LogP contribution in [0.1, 0.15) is 30.9 Å². The van der Waals surface area contributed by atoms with E-state index in [1.165, 1.54) is 5.56 Å². The van der Waals surface area contributed by atoms with Gasteiger partial charge in [-0.25, -0.2) is 0 Å². The molecule has 76 valence electrons. The highest BCUT2D eigenvalue weighted by Crippen LogP contribution is 2.26. The summed E-state index contributed by atoms with van der Waals surface area (Å²) in [7, 11) is 0. The minimum Gasteiger partial charge on any atom is -0.480 e. The number of carboxylic acid groups (broad SMARTS) is 1. The second kappa shape index (κ2) is 4.11. The number of carboxylic acids is 1. The summed E-state index contributed by atoms with van der Waals surface area (Å²) in [5.41, 5.74) is 1.22. The summed E-state index contributed by atoms with van der Waals surface area (Å²) >= 11 is 1.66. The van der Waals surface area contributed by atoms with E-state index in [0.29, 0.717) is 0 Å². The van der Waals surface area contributed by atoms with E-state index < -0.39 is 5.97 Å². The molecule has 0 aromatic carbocycles. The van der Waals surface area contributed by atoms with Gasteiger partial charge in [0.1, 0.15) is 6.04 Å². The summed E-state index contributed by atoms with van der Waals surface area (Å²) in [6.07, 6.45) is 2.78. The molecule has 1 aromatic heterocycles. The average Bonchev–Trinajstić information content (AvgIpc) is 2.71. The van der Waals surface area contributed by atoms with Gasteiger partial charge in [0.2, 0.25) is 0 Å². The van der Waals surface area contributed by atoms with Crippen molar-refractivity contribution in [3.63, 3.8) is 0 Å². The molecule has 4 heteroatoms. The number of carbonyl (C=O) groups is 1. The number of hydrogen-bond donors (Lipinski definition) is 2. The lowest BCUT2D eigenvalue weighted by atomic mass is 9.95. The van der Waals surface area contributed by atoms with Crippen molar-refractivity contribution in [3.8, 4) is 0 Å². The first-order valence-electron chi connectivity index (χ1n) is 4.78. The molecule has 0 saturated carbocycles. The molecule has 1 aliphatic rings. The molecule has 2 N–H and O–H groups in total. The quantitative estimate of drug-likeness (QED) is 0.786. The molecule has 1 aliphatic heterocycles. The van der Waals surface area contributed by atoms with E-state index in [4.69, 9.17) is 5.11 Å². The van der Waals surface area contributed by atoms with Crippen LogP contribution in [0.5, 0.6) is 0 Å². The largest absolute Gasteiger partial charge is 0.480 e. The predicted molar refractivity (Wildman–Crippen MR) is 55.5 cm³/mol. The molecule has 2 rings (SSSR count). The van der Waals surface area contributed by atoms with Crippen LogP contribution in [-0.4, -0.2) is 17.1 Å². The third kappa shape index (κ3) is 1.96. The van der Waals surface area contributed by atoms with Crippen molar-refractivity contribution in [3.05, 3.63) is 22.4 Å². The Balaban J connectivity index is 2.04. The molecule has 2 atom stereocenters. The van der Waals surface area contributed by atoms with Crippen LogP contribution in [0, 0.1) is 0 Å². The minimum atomic E-state index is -0.732. The third-order valence-electron chi connectivity index (χ3n) is 2.63. The number of thiophene rings is 1. The zero-order valence-corrected chi connectivity index (χ0v) is 8.59. The van der Waals surface area contributed by atoms with Crippen LogP contribution in [-0.2, 0) is 4.79 Å². The molecule has 1 saturated heterocycles. The lowest BCUT2D eigenvalue weighted by Crippen LogP contribution is -2.42. The van der Waals surface area contributed by atoms with E-state index in [-0.39, 0.29) is 12.1 Å². The molecule has 14 heavy (non-hydrogen) atoms. The van der Waals surface area contributed by atoms with Crippen LogP contribution < -0.4 is 5.32 Å². The molecule has 0 bridgehead atoms. The molecule has 0 spiro atoms. The lowest BCUT2D eigenvalue weighted by Gasteiger charge is -2.28. The summed E-state index contributed by atoms with van der Waals surface area (Å²) in [6.45, 7) is 0. The minimum absolute atomic E-state index is 0.232. The number of nitrogens with one attached hydrogen (secondary N) is 1. The number of hydrogen-bond acceptors (Lipinski definition) is 3. The van der Waals surface area contributed by atoms with Gasteiger partial charge in [0, 0.05) is 6.04 Å². The fraction of sp³-hybridized carbons (Fsp3) is 0.500. The van der Waals surface area contributed by atoms with Crippen LogP contribution in [0.4, 0.5) is 0 Å². The first-order chi connectivity index (χ1) is 6.77. The van der Waals surface area contributed by atoms with Crippen molar-refractivity contribution in [2.24, 2.45) is 0 Å². The van der Waals surface area contributed by atoms with Gasteiger partial charge in [-0.2, -0.15) is 11.3 Å². The Morgan fingerprint density at radius 1 is 1.57 bits per heavy atom. The van der Waals surface area contributed by atoms with Crippen LogP contribution in [0.3, 0.4) is 0 Å². The number of rotatable bonds is 2. The summed E-state index contributed by atoms with van der Waals surface area (Å²) in [4.78, 5) is 10.8.